The van der Waals surface area contributed by atoms with Crippen LogP contribution in [0.25, 0.3) is 0 Å². The van der Waals surface area contributed by atoms with Crippen LogP contribution < -0.4 is 18.9 Å². The largest absolute Gasteiger partial charge is 0.493 e. The summed E-state index contributed by atoms with van der Waals surface area (Å²) in [6, 6.07) is 11.2. The Morgan fingerprint density at radius 2 is 1.21 bits per heavy atom. The first-order chi connectivity index (χ1) is 14.0. The second-order valence-corrected chi connectivity index (χ2v) is 6.10. The number of hydrogen-bond acceptors (Lipinski definition) is 6. The van der Waals surface area contributed by atoms with Gasteiger partial charge in [0.05, 0.1) is 28.4 Å². The summed E-state index contributed by atoms with van der Waals surface area (Å²) >= 11 is 0. The van der Waals surface area contributed by atoms with E-state index in [9.17, 15) is 4.79 Å². The van der Waals surface area contributed by atoms with Gasteiger partial charge in [-0.25, -0.2) is 0 Å². The van der Waals surface area contributed by atoms with Gasteiger partial charge in [-0.2, -0.15) is 0 Å². The van der Waals surface area contributed by atoms with Gasteiger partial charge in [0.15, 0.2) is 23.0 Å². The molecule has 0 aliphatic rings. The number of carbonyl (C=O) groups is 1. The van der Waals surface area contributed by atoms with Crippen LogP contribution in [-0.2, 0) is 17.6 Å². The van der Waals surface area contributed by atoms with Crippen molar-refractivity contribution in [3.8, 4) is 23.0 Å². The molecule has 2 N–H and O–H groups in total. The van der Waals surface area contributed by atoms with E-state index >= 15 is 0 Å². The normalized spacial score (nSPS) is 9.83. The molecule has 29 heavy (non-hydrogen) atoms. The number of hydrogen-bond donors (Lipinski definition) is 2. The number of aliphatic hydroxyl groups is 1. The molecule has 0 amide bonds. The van der Waals surface area contributed by atoms with Crippen LogP contribution in [-0.4, -0.2) is 51.2 Å². The molecule has 2 rings (SSSR count). The fraction of sp³-hybridized carbons (Fsp3) is 0.409. The quantitative estimate of drug-likeness (QED) is 0.625. The van der Waals surface area contributed by atoms with Crippen molar-refractivity contribution in [3.63, 3.8) is 0 Å². The first-order valence-corrected chi connectivity index (χ1v) is 9.23. The Morgan fingerprint density at radius 3 is 1.59 bits per heavy atom. The molecule has 7 nitrogen and oxygen atoms in total. The van der Waals surface area contributed by atoms with Crippen molar-refractivity contribution in [3.05, 3.63) is 47.5 Å². The minimum absolute atomic E-state index is 0.121. The lowest BCUT2D eigenvalue weighted by Crippen LogP contribution is -1.98. The topological polar surface area (TPSA) is 94.5 Å². The van der Waals surface area contributed by atoms with Crippen LogP contribution in [0.3, 0.4) is 0 Å². The maximum Gasteiger partial charge on any atom is 0.303 e. The van der Waals surface area contributed by atoms with Crippen molar-refractivity contribution < 1.29 is 34.0 Å². The van der Waals surface area contributed by atoms with Crippen molar-refractivity contribution in [1.82, 2.24) is 0 Å². The van der Waals surface area contributed by atoms with Crippen LogP contribution in [0.15, 0.2) is 36.4 Å². The molecule has 7 heteroatoms. The number of carboxylic acids is 1. The molecule has 160 valence electrons. The highest BCUT2D eigenvalue weighted by atomic mass is 16.5. The maximum atomic E-state index is 10.4. The highest BCUT2D eigenvalue weighted by molar-refractivity contribution is 5.67. The highest BCUT2D eigenvalue weighted by Crippen LogP contribution is 2.28. The molecule has 0 saturated heterocycles. The lowest BCUT2D eigenvalue weighted by atomic mass is 10.1. The summed E-state index contributed by atoms with van der Waals surface area (Å²) in [6.07, 6.45) is 2.25. The van der Waals surface area contributed by atoms with Gasteiger partial charge in [-0.1, -0.05) is 12.1 Å². The molecule has 0 aliphatic carbocycles. The lowest BCUT2D eigenvalue weighted by Gasteiger charge is -2.08. The molecule has 0 heterocycles. The zero-order chi connectivity index (χ0) is 21.6. The SMILES string of the molecule is COc1ccc(CCC(=O)O)cc1OC.COc1ccc(CCCO)cc1OC. The Balaban J connectivity index is 0.000000291. The predicted molar refractivity (Wildman–Crippen MR) is 110 cm³/mol. The van der Waals surface area contributed by atoms with E-state index in [1.807, 2.05) is 24.3 Å². The first kappa shape index (κ1) is 24.1. The fourth-order valence-electron chi connectivity index (χ4n) is 2.61. The van der Waals surface area contributed by atoms with Gasteiger partial charge < -0.3 is 29.2 Å². The molecule has 0 radical (unpaired) electrons. The molecule has 0 fully saturated rings. The third kappa shape index (κ3) is 8.31. The Labute approximate surface area is 171 Å². The van der Waals surface area contributed by atoms with E-state index in [0.717, 1.165) is 35.5 Å². The molecular weight excluding hydrogens is 376 g/mol. The van der Waals surface area contributed by atoms with E-state index in [2.05, 4.69) is 0 Å². The average molecular weight is 406 g/mol. The molecule has 0 saturated carbocycles. The summed E-state index contributed by atoms with van der Waals surface area (Å²) in [5.74, 6) is 1.95. The van der Waals surface area contributed by atoms with E-state index in [1.165, 1.54) is 0 Å². The number of ether oxygens (including phenoxy) is 4. The number of aliphatic carboxylic acids is 1. The molecule has 0 aliphatic heterocycles. The van der Waals surface area contributed by atoms with Crippen LogP contribution in [0.2, 0.25) is 0 Å². The summed E-state index contributed by atoms with van der Waals surface area (Å²) in [4.78, 5) is 10.4. The number of methoxy groups -OCH3 is 4. The fourth-order valence-corrected chi connectivity index (χ4v) is 2.61. The minimum atomic E-state index is -0.801. The standard InChI is InChI=1S/C11H14O4.C11H16O3/c1-14-9-5-3-8(4-6-11(12)13)7-10(9)15-2;1-13-10-6-5-9(4-3-7-12)8-11(10)14-2/h3,5,7H,4,6H2,1-2H3,(H,12,13);5-6,8,12H,3-4,7H2,1-2H3. The lowest BCUT2D eigenvalue weighted by molar-refractivity contribution is -0.136. The number of aryl methyl sites for hydroxylation is 2. The maximum absolute atomic E-state index is 10.4. The summed E-state index contributed by atoms with van der Waals surface area (Å²) in [5.41, 5.74) is 2.08. The Morgan fingerprint density at radius 1 is 0.759 bits per heavy atom. The number of aliphatic hydroxyl groups excluding tert-OH is 1. The zero-order valence-electron chi connectivity index (χ0n) is 17.4. The van der Waals surface area contributed by atoms with E-state index in [-0.39, 0.29) is 13.0 Å². The van der Waals surface area contributed by atoms with Crippen molar-refractivity contribution in [1.29, 1.82) is 0 Å². The van der Waals surface area contributed by atoms with Gasteiger partial charge in [0.2, 0.25) is 0 Å². The molecule has 0 aromatic heterocycles. The van der Waals surface area contributed by atoms with Gasteiger partial charge in [-0.15, -0.1) is 0 Å². The molecule has 0 spiro atoms. The predicted octanol–water partition coefficient (Wildman–Crippen LogP) is 3.35. The van der Waals surface area contributed by atoms with E-state index < -0.39 is 5.97 Å². The van der Waals surface area contributed by atoms with Crippen molar-refractivity contribution >= 4 is 5.97 Å². The Bertz CT molecular complexity index is 759. The minimum Gasteiger partial charge on any atom is -0.493 e. The molecule has 2 aromatic rings. The smallest absolute Gasteiger partial charge is 0.303 e. The summed E-state index contributed by atoms with van der Waals surface area (Å²) in [7, 11) is 6.35. The van der Waals surface area contributed by atoms with Crippen LogP contribution in [0.5, 0.6) is 23.0 Å². The first-order valence-electron chi connectivity index (χ1n) is 9.23. The third-order valence-corrected chi connectivity index (χ3v) is 4.15. The van der Waals surface area contributed by atoms with Crippen LogP contribution in [0.4, 0.5) is 0 Å². The second-order valence-electron chi connectivity index (χ2n) is 6.10. The molecule has 2 aromatic carbocycles. The van der Waals surface area contributed by atoms with E-state index in [0.29, 0.717) is 17.9 Å². The number of carboxylic acid groups (broad SMARTS) is 1. The molecule has 0 bridgehead atoms. The monoisotopic (exact) mass is 406 g/mol. The average Bonchev–Trinajstić information content (AvgIpc) is 2.76. The Hall–Kier alpha value is -2.93. The van der Waals surface area contributed by atoms with Crippen molar-refractivity contribution in [2.45, 2.75) is 25.7 Å². The van der Waals surface area contributed by atoms with Gasteiger partial charge in [0, 0.05) is 13.0 Å². The zero-order valence-corrected chi connectivity index (χ0v) is 17.4. The van der Waals surface area contributed by atoms with Crippen LogP contribution in [0, 0.1) is 0 Å². The molecule has 0 atom stereocenters. The number of benzene rings is 2. The van der Waals surface area contributed by atoms with Gasteiger partial charge in [-0.3, -0.25) is 4.79 Å². The summed E-state index contributed by atoms with van der Waals surface area (Å²) in [5, 5.41) is 17.2. The summed E-state index contributed by atoms with van der Waals surface area (Å²) < 4.78 is 20.5. The summed E-state index contributed by atoms with van der Waals surface area (Å²) in [6.45, 7) is 0.217. The van der Waals surface area contributed by atoms with Crippen molar-refractivity contribution in [2.24, 2.45) is 0 Å². The van der Waals surface area contributed by atoms with E-state index in [4.69, 9.17) is 29.2 Å². The van der Waals surface area contributed by atoms with Crippen molar-refractivity contribution in [2.75, 3.05) is 35.0 Å². The van der Waals surface area contributed by atoms with Gasteiger partial charge in [-0.05, 0) is 54.7 Å². The number of rotatable bonds is 10. The van der Waals surface area contributed by atoms with Gasteiger partial charge >= 0.3 is 5.97 Å². The molecule has 0 unspecified atom stereocenters. The van der Waals surface area contributed by atoms with E-state index in [1.54, 1.807) is 40.6 Å². The second kappa shape index (κ2) is 13.3. The van der Waals surface area contributed by atoms with Gasteiger partial charge in [0.25, 0.3) is 0 Å². The van der Waals surface area contributed by atoms with Crippen LogP contribution in [0.1, 0.15) is 24.0 Å². The van der Waals surface area contributed by atoms with Gasteiger partial charge in [0.1, 0.15) is 0 Å². The Kier molecular flexibility index (Phi) is 11.0. The molecular formula is C22H30O7. The highest BCUT2D eigenvalue weighted by Gasteiger charge is 2.06. The third-order valence-electron chi connectivity index (χ3n) is 4.15. The van der Waals surface area contributed by atoms with Crippen LogP contribution >= 0.6 is 0 Å².